The van der Waals surface area contributed by atoms with E-state index in [1.54, 1.807) is 13.8 Å². The highest BCUT2D eigenvalue weighted by atomic mass is 16.2. The molecule has 2 aromatic carbocycles. The van der Waals surface area contributed by atoms with E-state index in [-0.39, 0.29) is 5.91 Å². The summed E-state index contributed by atoms with van der Waals surface area (Å²) in [5.74, 6) is 1.02. The lowest BCUT2D eigenvalue weighted by atomic mass is 10.0. The van der Waals surface area contributed by atoms with Crippen LogP contribution in [-0.2, 0) is 17.6 Å². The van der Waals surface area contributed by atoms with Gasteiger partial charge in [-0.05, 0) is 37.1 Å². The molecule has 0 aliphatic heterocycles. The van der Waals surface area contributed by atoms with Crippen molar-refractivity contribution in [3.63, 3.8) is 0 Å². The van der Waals surface area contributed by atoms with Crippen LogP contribution in [0.3, 0.4) is 0 Å². The van der Waals surface area contributed by atoms with Crippen molar-refractivity contribution in [3.05, 3.63) is 83.7 Å². The number of hydrogen-bond donors (Lipinski definition) is 5. The number of nitrogens with zero attached hydrogens (tertiary/aromatic N) is 2. The molecule has 3 heterocycles. The summed E-state index contributed by atoms with van der Waals surface area (Å²) in [5, 5.41) is 12.8. The first-order valence-electron chi connectivity index (χ1n) is 11.0. The maximum Gasteiger partial charge on any atom is 0.240 e. The highest BCUT2D eigenvalue weighted by molar-refractivity contribution is 5.86. The van der Waals surface area contributed by atoms with Crippen LogP contribution in [0, 0.1) is 0 Å². The number of carbonyl (C=O) groups is 1. The summed E-state index contributed by atoms with van der Waals surface area (Å²) in [4.78, 5) is 24.1. The van der Waals surface area contributed by atoms with E-state index in [2.05, 4.69) is 37.6 Å². The van der Waals surface area contributed by atoms with Gasteiger partial charge in [-0.3, -0.25) is 9.89 Å². The van der Waals surface area contributed by atoms with Crippen LogP contribution in [0.25, 0.3) is 21.8 Å². The fourth-order valence-electron chi connectivity index (χ4n) is 4.07. The molecule has 8 nitrogen and oxygen atoms in total. The normalized spacial score (nSPS) is 12.9. The summed E-state index contributed by atoms with van der Waals surface area (Å²) < 4.78 is 0. The minimum absolute atomic E-state index is 0.254. The van der Waals surface area contributed by atoms with Crippen molar-refractivity contribution in [2.45, 2.75) is 38.3 Å². The summed E-state index contributed by atoms with van der Waals surface area (Å²) in [5.41, 5.74) is 9.38. The van der Waals surface area contributed by atoms with Gasteiger partial charge in [0.2, 0.25) is 5.91 Å². The molecule has 5 aromatic rings. The Balaban J connectivity index is 1.43. The predicted molar refractivity (Wildman–Crippen MR) is 129 cm³/mol. The van der Waals surface area contributed by atoms with Crippen LogP contribution in [0.2, 0.25) is 0 Å². The standard InChI is InChI=1S/C25H27N7O/c1-25(2,26)24(33)29-21(11-15-13-27-19-9-5-3-7-17(15)19)23-30-22(31-32-23)12-16-14-28-20-10-6-4-8-18(16)20/h3-10,13-14,21,27-28H,11-12,26H2,1-2H3,(H,29,33)(H,30,31,32)/t21-/m1/s1. The molecule has 0 saturated carbocycles. The van der Waals surface area contributed by atoms with Crippen LogP contribution in [0.1, 0.15) is 42.7 Å². The highest BCUT2D eigenvalue weighted by Gasteiger charge is 2.28. The number of carbonyl (C=O) groups excluding carboxylic acids is 1. The number of rotatable bonds is 7. The Morgan fingerprint density at radius 3 is 2.27 bits per heavy atom. The number of benzene rings is 2. The van der Waals surface area contributed by atoms with Crippen LogP contribution < -0.4 is 11.1 Å². The topological polar surface area (TPSA) is 128 Å². The number of aromatic amines is 3. The first kappa shape index (κ1) is 21.0. The monoisotopic (exact) mass is 441 g/mol. The largest absolute Gasteiger partial charge is 0.361 e. The zero-order chi connectivity index (χ0) is 23.0. The summed E-state index contributed by atoms with van der Waals surface area (Å²) >= 11 is 0. The van der Waals surface area contributed by atoms with Crippen molar-refractivity contribution >= 4 is 27.7 Å². The predicted octanol–water partition coefficient (Wildman–Crippen LogP) is 3.50. The van der Waals surface area contributed by atoms with Gasteiger partial charge in [0, 0.05) is 47.0 Å². The van der Waals surface area contributed by atoms with E-state index in [1.807, 2.05) is 48.8 Å². The molecule has 33 heavy (non-hydrogen) atoms. The number of H-pyrrole nitrogens is 3. The molecule has 6 N–H and O–H groups in total. The molecule has 8 heteroatoms. The summed E-state index contributed by atoms with van der Waals surface area (Å²) in [6.07, 6.45) is 5.11. The zero-order valence-electron chi connectivity index (χ0n) is 18.6. The lowest BCUT2D eigenvalue weighted by Crippen LogP contribution is -2.50. The van der Waals surface area contributed by atoms with E-state index in [1.165, 1.54) is 0 Å². The Kier molecular flexibility index (Phi) is 5.22. The fraction of sp³-hybridized carbons (Fsp3) is 0.240. The molecule has 3 aromatic heterocycles. The van der Waals surface area contributed by atoms with Gasteiger partial charge >= 0.3 is 0 Å². The van der Waals surface area contributed by atoms with Gasteiger partial charge in [0.05, 0.1) is 11.6 Å². The Labute approximate surface area is 191 Å². The van der Waals surface area contributed by atoms with E-state index in [9.17, 15) is 4.79 Å². The van der Waals surface area contributed by atoms with Gasteiger partial charge in [-0.1, -0.05) is 36.4 Å². The number of para-hydroxylation sites is 2. The molecule has 0 bridgehead atoms. The van der Waals surface area contributed by atoms with E-state index < -0.39 is 11.6 Å². The number of amides is 1. The average Bonchev–Trinajstić information content (AvgIpc) is 3.52. The van der Waals surface area contributed by atoms with E-state index in [0.717, 1.165) is 38.8 Å². The van der Waals surface area contributed by atoms with Crippen LogP contribution in [-0.4, -0.2) is 36.6 Å². The van der Waals surface area contributed by atoms with E-state index >= 15 is 0 Å². The first-order chi connectivity index (χ1) is 15.9. The van der Waals surface area contributed by atoms with Crippen LogP contribution in [0.15, 0.2) is 60.9 Å². The fourth-order valence-corrected chi connectivity index (χ4v) is 4.07. The van der Waals surface area contributed by atoms with Crippen molar-refractivity contribution in [1.82, 2.24) is 30.5 Å². The van der Waals surface area contributed by atoms with Gasteiger partial charge in [-0.25, -0.2) is 4.98 Å². The molecule has 0 radical (unpaired) electrons. The smallest absolute Gasteiger partial charge is 0.240 e. The third kappa shape index (κ3) is 4.25. The minimum Gasteiger partial charge on any atom is -0.361 e. The summed E-state index contributed by atoms with van der Waals surface area (Å²) in [7, 11) is 0. The molecule has 1 amide bonds. The van der Waals surface area contributed by atoms with Gasteiger partial charge in [0.25, 0.3) is 0 Å². The van der Waals surface area contributed by atoms with Crippen molar-refractivity contribution in [3.8, 4) is 0 Å². The van der Waals surface area contributed by atoms with Crippen molar-refractivity contribution in [2.75, 3.05) is 0 Å². The van der Waals surface area contributed by atoms with Gasteiger partial charge in [0.15, 0.2) is 5.82 Å². The molecule has 0 aliphatic rings. The summed E-state index contributed by atoms with van der Waals surface area (Å²) in [6, 6.07) is 15.8. The van der Waals surface area contributed by atoms with Crippen LogP contribution >= 0.6 is 0 Å². The molecule has 0 spiro atoms. The van der Waals surface area contributed by atoms with E-state index in [0.29, 0.717) is 18.7 Å². The molecule has 0 unspecified atom stereocenters. The lowest BCUT2D eigenvalue weighted by Gasteiger charge is -2.22. The van der Waals surface area contributed by atoms with Gasteiger partial charge in [0.1, 0.15) is 5.82 Å². The molecule has 168 valence electrons. The number of fused-ring (bicyclic) bond motifs is 2. The second kappa shape index (κ2) is 8.22. The third-order valence-corrected chi connectivity index (χ3v) is 5.88. The van der Waals surface area contributed by atoms with Crippen LogP contribution in [0.4, 0.5) is 0 Å². The number of aromatic nitrogens is 5. The van der Waals surface area contributed by atoms with Gasteiger partial charge in [-0.2, -0.15) is 5.10 Å². The molecule has 0 saturated heterocycles. The van der Waals surface area contributed by atoms with Crippen molar-refractivity contribution in [1.29, 1.82) is 0 Å². The van der Waals surface area contributed by atoms with Crippen molar-refractivity contribution < 1.29 is 4.79 Å². The minimum atomic E-state index is -1.01. The third-order valence-electron chi connectivity index (χ3n) is 5.88. The lowest BCUT2D eigenvalue weighted by molar-refractivity contribution is -0.126. The highest BCUT2D eigenvalue weighted by Crippen LogP contribution is 2.25. The molecule has 1 atom stereocenters. The maximum absolute atomic E-state index is 12.7. The van der Waals surface area contributed by atoms with Crippen molar-refractivity contribution in [2.24, 2.45) is 5.73 Å². The number of nitrogens with one attached hydrogen (secondary N) is 4. The van der Waals surface area contributed by atoms with E-state index in [4.69, 9.17) is 10.7 Å². The van der Waals surface area contributed by atoms with Crippen LogP contribution in [0.5, 0.6) is 0 Å². The molecular weight excluding hydrogens is 414 g/mol. The Hall–Kier alpha value is -3.91. The Morgan fingerprint density at radius 2 is 1.61 bits per heavy atom. The zero-order valence-corrected chi connectivity index (χ0v) is 18.6. The number of hydrogen-bond acceptors (Lipinski definition) is 4. The molecular formula is C25H27N7O. The summed E-state index contributed by atoms with van der Waals surface area (Å²) in [6.45, 7) is 3.37. The Bertz CT molecular complexity index is 1420. The van der Waals surface area contributed by atoms with Gasteiger partial charge < -0.3 is 21.0 Å². The Morgan fingerprint density at radius 1 is 1.00 bits per heavy atom. The molecule has 0 fully saturated rings. The maximum atomic E-state index is 12.7. The van der Waals surface area contributed by atoms with Gasteiger partial charge in [-0.15, -0.1) is 0 Å². The second-order valence-electron chi connectivity index (χ2n) is 8.99. The number of nitrogens with two attached hydrogens (primary N) is 1. The quantitative estimate of drug-likeness (QED) is 0.265. The molecule has 0 aliphatic carbocycles. The molecule has 5 rings (SSSR count). The average molecular weight is 442 g/mol. The second-order valence-corrected chi connectivity index (χ2v) is 8.99. The first-order valence-corrected chi connectivity index (χ1v) is 11.0. The SMILES string of the molecule is CC(C)(N)C(=O)N[C@H](Cc1c[nH]c2ccccc12)c1n[nH]c(Cc2c[nH]c3ccccc23)n1.